The second kappa shape index (κ2) is 40.6. The van der Waals surface area contributed by atoms with E-state index in [9.17, 15) is 57.5 Å². The number of hydrogen-bond acceptors (Lipinski definition) is 25. The van der Waals surface area contributed by atoms with Crippen molar-refractivity contribution < 1.29 is 137 Å². The number of esters is 12. The molecule has 29 heteroatoms. The topological polar surface area (TPSA) is 325 Å². The van der Waals surface area contributed by atoms with Crippen molar-refractivity contribution in [1.82, 2.24) is 0 Å². The van der Waals surface area contributed by atoms with Crippen LogP contribution in [0.4, 0.5) is 0 Å². The predicted molar refractivity (Wildman–Crippen MR) is 287 cm³/mol. The van der Waals surface area contributed by atoms with E-state index in [1.165, 1.54) is 7.11 Å². The Balaban J connectivity index is 5.30. The predicted octanol–water partition coefficient (Wildman–Crippen LogP) is -0.237. The normalized spacial score (nSPS) is 11.7. The third kappa shape index (κ3) is 48.7. The highest BCUT2D eigenvalue weighted by Gasteiger charge is 2.25. The summed E-state index contributed by atoms with van der Waals surface area (Å²) in [6, 6.07) is 0. The zero-order valence-corrected chi connectivity index (χ0v) is 51.1. The number of quaternary nitrogens is 4. The van der Waals surface area contributed by atoms with Crippen LogP contribution in [0.2, 0.25) is 0 Å². The zero-order chi connectivity index (χ0) is 63.2. The Morgan fingerprint density at radius 3 is 0.566 bits per heavy atom. The Labute approximate surface area is 486 Å². The van der Waals surface area contributed by atoms with E-state index in [0.717, 1.165) is 0 Å². The summed E-state index contributed by atoms with van der Waals surface area (Å²) in [4.78, 5) is 149. The second-order valence-electron chi connectivity index (χ2n) is 23.1. The lowest BCUT2D eigenvalue weighted by Crippen LogP contribution is -2.38. The minimum absolute atomic E-state index is 0.136. The monoisotopic (exact) mass is 1200 g/mol. The van der Waals surface area contributed by atoms with Gasteiger partial charge in [-0.25, -0.2) is 0 Å². The van der Waals surface area contributed by atoms with Crippen LogP contribution >= 0.6 is 0 Å². The maximum absolute atomic E-state index is 12.8. The summed E-state index contributed by atoms with van der Waals surface area (Å²) in [7, 11) is 24.2. The van der Waals surface area contributed by atoms with Crippen molar-refractivity contribution >= 4 is 71.6 Å². The van der Waals surface area contributed by atoms with E-state index in [1.807, 2.05) is 84.6 Å². The Hall–Kier alpha value is -6.56. The first-order valence-electron chi connectivity index (χ1n) is 27.2. The summed E-state index contributed by atoms with van der Waals surface area (Å²) in [5.74, 6) is -9.66. The van der Waals surface area contributed by atoms with Gasteiger partial charge in [-0.05, 0) is 0 Å². The molecular weight excluding hydrogens is 1100 g/mol. The molecule has 0 aliphatic carbocycles. The van der Waals surface area contributed by atoms with E-state index in [4.69, 9.17) is 61.6 Å². The first-order chi connectivity index (χ1) is 38.5. The highest BCUT2D eigenvalue weighted by molar-refractivity contribution is 5.81. The summed E-state index contributed by atoms with van der Waals surface area (Å²) in [5.41, 5.74) is 0. The first-order valence-corrected chi connectivity index (χ1v) is 27.2. The molecule has 0 aliphatic rings. The third-order valence-corrected chi connectivity index (χ3v) is 10.8. The van der Waals surface area contributed by atoms with Gasteiger partial charge in [0.1, 0.15) is 98.4 Å². The molecule has 0 radical (unpaired) electrons. The Morgan fingerprint density at radius 1 is 0.241 bits per heavy atom. The molecular formula is C54H94N4O25+4. The fraction of sp³-hybridized carbons (Fsp3) is 0.778. The van der Waals surface area contributed by atoms with Gasteiger partial charge in [-0.15, -0.1) is 0 Å². The standard InChI is InChI=1S/C54H94N4O25/c1-55(2,3)26-30-72-43(59)14-18-47(63)78-36-41(37-79-48(64)19-15-44(60)73-31-27-56(4,5)6)82-53(69)24-22-51(67)76-34-40(71-13)35-77-52(68)23-25-54(70)83-42(38-80-49(65)20-16-45(61)74-32-28-57(7,8)9)39-81-50(66)21-17-46(62)75-33-29-58(10,11)12/h40-42H,14-39H2,1-13H3/q+4. The van der Waals surface area contributed by atoms with E-state index in [1.54, 1.807) is 0 Å². The lowest BCUT2D eigenvalue weighted by Gasteiger charge is -2.23. The highest BCUT2D eigenvalue weighted by Crippen LogP contribution is 2.10. The zero-order valence-electron chi connectivity index (χ0n) is 51.1. The van der Waals surface area contributed by atoms with Gasteiger partial charge >= 0.3 is 71.6 Å². The van der Waals surface area contributed by atoms with Gasteiger partial charge in [-0.2, -0.15) is 0 Å². The van der Waals surface area contributed by atoms with Crippen molar-refractivity contribution in [3.05, 3.63) is 0 Å². The van der Waals surface area contributed by atoms with Crippen LogP contribution in [0.1, 0.15) is 77.0 Å². The fourth-order valence-corrected chi connectivity index (χ4v) is 5.70. The molecule has 0 unspecified atom stereocenters. The molecule has 0 saturated heterocycles. The van der Waals surface area contributed by atoms with Gasteiger partial charge in [-0.1, -0.05) is 0 Å². The van der Waals surface area contributed by atoms with Crippen LogP contribution in [0, 0.1) is 0 Å². The van der Waals surface area contributed by atoms with E-state index < -0.39 is 155 Å². The van der Waals surface area contributed by atoms with Crippen molar-refractivity contribution in [3.8, 4) is 0 Å². The van der Waals surface area contributed by atoms with Crippen LogP contribution in [0.3, 0.4) is 0 Å². The van der Waals surface area contributed by atoms with E-state index >= 15 is 0 Å². The van der Waals surface area contributed by atoms with Crippen molar-refractivity contribution in [2.24, 2.45) is 0 Å². The van der Waals surface area contributed by atoms with Gasteiger partial charge in [0.05, 0.1) is 162 Å². The van der Waals surface area contributed by atoms with Gasteiger partial charge < -0.3 is 79.5 Å². The average molecular weight is 1200 g/mol. The average Bonchev–Trinajstić information content (AvgIpc) is 3.37. The smallest absolute Gasteiger partial charge is 0.306 e. The molecule has 83 heavy (non-hydrogen) atoms. The number of carbonyl (C=O) groups excluding carboxylic acids is 12. The molecule has 0 bridgehead atoms. The van der Waals surface area contributed by atoms with E-state index in [2.05, 4.69) is 0 Å². The first kappa shape index (κ1) is 76.4. The summed E-state index contributed by atoms with van der Waals surface area (Å²) >= 11 is 0. The second-order valence-corrected chi connectivity index (χ2v) is 23.1. The molecule has 0 saturated carbocycles. The van der Waals surface area contributed by atoms with Crippen LogP contribution < -0.4 is 0 Å². The minimum Gasteiger partial charge on any atom is -0.463 e. The largest absolute Gasteiger partial charge is 0.463 e. The number of nitrogens with zero attached hydrogens (tertiary/aromatic N) is 4. The van der Waals surface area contributed by atoms with Crippen molar-refractivity contribution in [3.63, 3.8) is 0 Å². The molecule has 0 aromatic heterocycles. The van der Waals surface area contributed by atoms with Crippen LogP contribution in [-0.2, 0) is 119 Å². The number of likely N-dealkylation sites (N-methyl/N-ethyl adjacent to an activating group) is 4. The lowest BCUT2D eigenvalue weighted by atomic mass is 10.3. The summed E-state index contributed by atoms with van der Waals surface area (Å²) in [6.45, 7) is -0.602. The quantitative estimate of drug-likeness (QED) is 0.0432. The molecule has 0 aromatic carbocycles. The maximum Gasteiger partial charge on any atom is 0.306 e. The maximum atomic E-state index is 12.8. The summed E-state index contributed by atoms with van der Waals surface area (Å²) in [5, 5.41) is 0. The van der Waals surface area contributed by atoms with Crippen molar-refractivity contribution in [2.75, 3.05) is 184 Å². The number of rotatable bonds is 45. The number of carbonyl (C=O) groups is 12. The van der Waals surface area contributed by atoms with Crippen molar-refractivity contribution in [2.45, 2.75) is 95.4 Å². The molecule has 0 spiro atoms. The van der Waals surface area contributed by atoms with Crippen LogP contribution in [0.25, 0.3) is 0 Å². The molecule has 29 nitrogen and oxygen atoms in total. The van der Waals surface area contributed by atoms with Gasteiger partial charge in [-0.3, -0.25) is 57.5 Å². The SMILES string of the molecule is COC(COC(=O)CCC(=O)OC(COC(=O)CCC(=O)OCC[N+](C)(C)C)COC(=O)CCC(=O)OCC[N+](C)(C)C)COC(=O)CCC(=O)OC(COC(=O)CCC(=O)OCC[N+](C)(C)C)COC(=O)CCC(=O)OCC[N+](C)(C)C. The Morgan fingerprint density at radius 2 is 0.398 bits per heavy atom. The molecule has 0 heterocycles. The molecule has 0 N–H and O–H groups in total. The number of ether oxygens (including phenoxy) is 13. The highest BCUT2D eigenvalue weighted by atomic mass is 16.6. The number of hydrogen-bond donors (Lipinski definition) is 0. The van der Waals surface area contributed by atoms with Gasteiger partial charge in [0.25, 0.3) is 0 Å². The van der Waals surface area contributed by atoms with Gasteiger partial charge in [0.2, 0.25) is 0 Å². The van der Waals surface area contributed by atoms with Crippen LogP contribution in [0.5, 0.6) is 0 Å². The van der Waals surface area contributed by atoms with Crippen molar-refractivity contribution in [1.29, 1.82) is 0 Å². The van der Waals surface area contributed by atoms with E-state index in [-0.39, 0.29) is 77.8 Å². The molecule has 0 fully saturated rings. The Bertz CT molecular complexity index is 1830. The number of methoxy groups -OCH3 is 1. The summed E-state index contributed by atoms with van der Waals surface area (Å²) in [6.07, 6.45) is -8.49. The molecule has 0 aromatic rings. The van der Waals surface area contributed by atoms with Gasteiger partial charge in [0, 0.05) is 7.11 Å². The van der Waals surface area contributed by atoms with E-state index in [0.29, 0.717) is 44.1 Å². The molecule has 0 rings (SSSR count). The fourth-order valence-electron chi connectivity index (χ4n) is 5.70. The Kier molecular flexibility index (Phi) is 37.4. The molecule has 0 atom stereocenters. The summed E-state index contributed by atoms with van der Waals surface area (Å²) < 4.78 is 69.7. The van der Waals surface area contributed by atoms with Gasteiger partial charge in [0.15, 0.2) is 12.2 Å². The van der Waals surface area contributed by atoms with Crippen LogP contribution in [0.15, 0.2) is 0 Å². The lowest BCUT2D eigenvalue weighted by molar-refractivity contribution is -0.870. The third-order valence-electron chi connectivity index (χ3n) is 10.8. The molecule has 476 valence electrons. The van der Waals surface area contributed by atoms with Crippen LogP contribution in [-0.4, -0.2) is 292 Å². The minimum atomic E-state index is -1.36. The molecule has 0 amide bonds. The molecule has 0 aliphatic heterocycles.